The number of hydrogen-bond donors (Lipinski definition) is 0. The second-order valence-electron chi connectivity index (χ2n) is 5.58. The Hall–Kier alpha value is -2.40. The first kappa shape index (κ1) is 13.3. The lowest BCUT2D eigenvalue weighted by atomic mass is 10.1. The minimum atomic E-state index is 0.396. The normalized spacial score (nSPS) is 17.9. The number of rotatable bonds is 4. The largest absolute Gasteiger partial charge is 0.379 e. The number of nitrogens with zero attached hydrogens (tertiary/aromatic N) is 4. The van der Waals surface area contributed by atoms with E-state index in [1.165, 1.54) is 5.56 Å². The quantitative estimate of drug-likeness (QED) is 0.743. The van der Waals surface area contributed by atoms with E-state index in [-0.39, 0.29) is 0 Å². The van der Waals surface area contributed by atoms with Crippen molar-refractivity contribution in [2.75, 3.05) is 13.2 Å². The van der Waals surface area contributed by atoms with Gasteiger partial charge in [0.05, 0.1) is 19.2 Å². The Morgan fingerprint density at radius 1 is 1.18 bits per heavy atom. The molecule has 1 aliphatic rings. The lowest BCUT2D eigenvalue weighted by molar-refractivity contribution is 0.187. The second kappa shape index (κ2) is 5.77. The number of ether oxygens (including phenoxy) is 1. The Morgan fingerprint density at radius 3 is 3.00 bits per heavy atom. The zero-order valence-corrected chi connectivity index (χ0v) is 12.3. The van der Waals surface area contributed by atoms with Crippen molar-refractivity contribution in [3.63, 3.8) is 0 Å². The monoisotopic (exact) mass is 294 g/mol. The first-order valence-electron chi connectivity index (χ1n) is 7.57. The number of aromatic nitrogens is 4. The van der Waals surface area contributed by atoms with Crippen LogP contribution in [0.1, 0.15) is 18.0 Å². The minimum absolute atomic E-state index is 0.396. The Kier molecular flexibility index (Phi) is 3.48. The van der Waals surface area contributed by atoms with E-state index in [0.717, 1.165) is 37.6 Å². The minimum Gasteiger partial charge on any atom is -0.379 e. The summed E-state index contributed by atoms with van der Waals surface area (Å²) in [7, 11) is 0. The van der Waals surface area contributed by atoms with Crippen LogP contribution in [0.15, 0.2) is 55.1 Å². The van der Waals surface area contributed by atoms with Crippen LogP contribution in [0.25, 0.3) is 11.4 Å². The zero-order valence-electron chi connectivity index (χ0n) is 12.3. The van der Waals surface area contributed by atoms with Crippen molar-refractivity contribution in [3.8, 4) is 11.4 Å². The summed E-state index contributed by atoms with van der Waals surface area (Å²) in [5.41, 5.74) is 2.36. The molecule has 112 valence electrons. The van der Waals surface area contributed by atoms with Crippen molar-refractivity contribution in [2.45, 2.75) is 19.0 Å². The summed E-state index contributed by atoms with van der Waals surface area (Å²) in [6, 6.07) is 10.8. The highest BCUT2D eigenvalue weighted by molar-refractivity contribution is 5.57. The molecule has 1 aromatic carbocycles. The van der Waals surface area contributed by atoms with E-state index in [1.54, 1.807) is 6.20 Å². The van der Waals surface area contributed by atoms with Crippen LogP contribution in [0, 0.1) is 0 Å². The molecule has 1 saturated heterocycles. The Bertz CT molecular complexity index is 742. The molecule has 0 saturated carbocycles. The van der Waals surface area contributed by atoms with Crippen LogP contribution in [-0.4, -0.2) is 32.5 Å². The Morgan fingerprint density at radius 2 is 2.18 bits per heavy atom. The summed E-state index contributed by atoms with van der Waals surface area (Å²) in [5.74, 6) is 1.01. The number of imidazole rings is 1. The van der Waals surface area contributed by atoms with Crippen LogP contribution in [0.2, 0.25) is 0 Å². The first-order valence-corrected chi connectivity index (χ1v) is 7.57. The maximum atomic E-state index is 5.51. The number of hydrogen-bond acceptors (Lipinski definition) is 3. The van der Waals surface area contributed by atoms with E-state index < -0.39 is 0 Å². The van der Waals surface area contributed by atoms with E-state index in [4.69, 9.17) is 4.74 Å². The fraction of sp³-hybridized carbons (Fsp3) is 0.294. The molecule has 5 heteroatoms. The first-order chi connectivity index (χ1) is 10.9. The van der Waals surface area contributed by atoms with E-state index in [2.05, 4.69) is 45.1 Å². The molecular formula is C17H18N4O. The predicted molar refractivity (Wildman–Crippen MR) is 83.5 cm³/mol. The van der Waals surface area contributed by atoms with Crippen molar-refractivity contribution >= 4 is 0 Å². The number of benzene rings is 1. The third-order valence-corrected chi connectivity index (χ3v) is 4.06. The van der Waals surface area contributed by atoms with Gasteiger partial charge in [0.2, 0.25) is 0 Å². The molecule has 3 aromatic rings. The van der Waals surface area contributed by atoms with Gasteiger partial charge in [0.25, 0.3) is 0 Å². The van der Waals surface area contributed by atoms with E-state index in [1.807, 2.05) is 23.1 Å². The molecule has 1 aliphatic heterocycles. The maximum Gasteiger partial charge on any atom is 0.140 e. The Labute approximate surface area is 129 Å². The third kappa shape index (κ3) is 2.55. The van der Waals surface area contributed by atoms with Gasteiger partial charge in [0.1, 0.15) is 5.82 Å². The molecule has 3 heterocycles. The molecule has 0 bridgehead atoms. The van der Waals surface area contributed by atoms with Gasteiger partial charge in [-0.05, 0) is 24.1 Å². The lowest BCUT2D eigenvalue weighted by Crippen LogP contribution is -2.09. The van der Waals surface area contributed by atoms with Crippen molar-refractivity contribution in [3.05, 3.63) is 60.7 Å². The topological polar surface area (TPSA) is 44.9 Å². The van der Waals surface area contributed by atoms with Crippen LogP contribution < -0.4 is 0 Å². The molecule has 1 unspecified atom stereocenters. The lowest BCUT2D eigenvalue weighted by Gasteiger charge is -2.14. The molecule has 0 N–H and O–H groups in total. The van der Waals surface area contributed by atoms with Crippen molar-refractivity contribution in [1.29, 1.82) is 0 Å². The summed E-state index contributed by atoms with van der Waals surface area (Å²) in [5, 5.41) is 4.26. The fourth-order valence-corrected chi connectivity index (χ4v) is 2.96. The van der Waals surface area contributed by atoms with Gasteiger partial charge in [0.15, 0.2) is 0 Å². The van der Waals surface area contributed by atoms with E-state index in [9.17, 15) is 0 Å². The van der Waals surface area contributed by atoms with Gasteiger partial charge in [-0.25, -0.2) is 4.98 Å². The van der Waals surface area contributed by atoms with Crippen LogP contribution in [0.5, 0.6) is 0 Å². The smallest absolute Gasteiger partial charge is 0.140 e. The van der Waals surface area contributed by atoms with Crippen molar-refractivity contribution in [2.24, 2.45) is 0 Å². The second-order valence-corrected chi connectivity index (χ2v) is 5.58. The SMILES string of the molecule is c1cc(Cn2cccn2)cc(-c2nccn2C2CCOC2)c1. The molecule has 22 heavy (non-hydrogen) atoms. The van der Waals surface area contributed by atoms with Crippen LogP contribution in [-0.2, 0) is 11.3 Å². The maximum absolute atomic E-state index is 5.51. The summed E-state index contributed by atoms with van der Waals surface area (Å²) >= 11 is 0. The summed E-state index contributed by atoms with van der Waals surface area (Å²) in [6.45, 7) is 2.38. The highest BCUT2D eigenvalue weighted by Gasteiger charge is 2.20. The van der Waals surface area contributed by atoms with Crippen molar-refractivity contribution in [1.82, 2.24) is 19.3 Å². The average Bonchev–Trinajstić information content (AvgIpc) is 3.29. The van der Waals surface area contributed by atoms with Gasteiger partial charge in [-0.3, -0.25) is 4.68 Å². The van der Waals surface area contributed by atoms with Crippen molar-refractivity contribution < 1.29 is 4.74 Å². The molecular weight excluding hydrogens is 276 g/mol. The van der Waals surface area contributed by atoms with Gasteiger partial charge in [0, 0.05) is 37.0 Å². The van der Waals surface area contributed by atoms with Crippen LogP contribution in [0.4, 0.5) is 0 Å². The molecule has 1 atom stereocenters. The molecule has 0 aliphatic carbocycles. The standard InChI is InChI=1S/C17H18N4O/c1-3-14(12-20-8-2-6-19-20)11-15(4-1)17-18-7-9-21(17)16-5-10-22-13-16/h1-4,6-9,11,16H,5,10,12-13H2. The predicted octanol–water partition coefficient (Wildman–Crippen LogP) is 2.76. The Balaban J connectivity index is 1.64. The van der Waals surface area contributed by atoms with Gasteiger partial charge >= 0.3 is 0 Å². The third-order valence-electron chi connectivity index (χ3n) is 4.06. The zero-order chi connectivity index (χ0) is 14.8. The highest BCUT2D eigenvalue weighted by atomic mass is 16.5. The van der Waals surface area contributed by atoms with Crippen LogP contribution >= 0.6 is 0 Å². The van der Waals surface area contributed by atoms with Gasteiger partial charge < -0.3 is 9.30 Å². The van der Waals surface area contributed by atoms with Crippen LogP contribution in [0.3, 0.4) is 0 Å². The van der Waals surface area contributed by atoms with E-state index in [0.29, 0.717) is 6.04 Å². The molecule has 4 rings (SSSR count). The van der Waals surface area contributed by atoms with E-state index >= 15 is 0 Å². The molecule has 2 aromatic heterocycles. The van der Waals surface area contributed by atoms with Gasteiger partial charge in [-0.2, -0.15) is 5.10 Å². The molecule has 0 spiro atoms. The molecule has 0 radical (unpaired) electrons. The molecule has 1 fully saturated rings. The molecule has 5 nitrogen and oxygen atoms in total. The summed E-state index contributed by atoms with van der Waals surface area (Å²) in [6.07, 6.45) is 8.75. The molecule has 0 amide bonds. The fourth-order valence-electron chi connectivity index (χ4n) is 2.96. The van der Waals surface area contributed by atoms with Gasteiger partial charge in [-0.1, -0.05) is 18.2 Å². The highest BCUT2D eigenvalue weighted by Crippen LogP contribution is 2.26. The summed E-state index contributed by atoms with van der Waals surface area (Å²) < 4.78 is 9.67. The average molecular weight is 294 g/mol. The van der Waals surface area contributed by atoms with Gasteiger partial charge in [-0.15, -0.1) is 0 Å². The summed E-state index contributed by atoms with van der Waals surface area (Å²) in [4.78, 5) is 4.55.